The topological polar surface area (TPSA) is 62.8 Å². The highest BCUT2D eigenvalue weighted by Gasteiger charge is 2.19. The number of hydrogen-bond acceptors (Lipinski definition) is 7. The summed E-state index contributed by atoms with van der Waals surface area (Å²) < 4.78 is 10.7. The fourth-order valence-corrected chi connectivity index (χ4v) is 4.00. The molecule has 4 rings (SSSR count). The van der Waals surface area contributed by atoms with Gasteiger partial charge in [-0.05, 0) is 49.5 Å². The number of likely N-dealkylation sites (tertiary alicyclic amines) is 1. The number of benzene rings is 1. The number of nitrogens with zero attached hydrogens (tertiary/aromatic N) is 4. The van der Waals surface area contributed by atoms with Crippen LogP contribution in [0.25, 0.3) is 0 Å². The molecule has 29 heavy (non-hydrogen) atoms. The van der Waals surface area contributed by atoms with Crippen molar-refractivity contribution in [3.05, 3.63) is 42.2 Å². The van der Waals surface area contributed by atoms with Gasteiger partial charge >= 0.3 is 0 Å². The third-order valence-electron chi connectivity index (χ3n) is 5.83. The first kappa shape index (κ1) is 19.9. The minimum Gasteiger partial charge on any atom is -0.497 e. The number of ether oxygens (including phenoxy) is 2. The van der Waals surface area contributed by atoms with Gasteiger partial charge in [0.25, 0.3) is 0 Å². The zero-order valence-electron chi connectivity index (χ0n) is 17.2. The number of nitrogens with one attached hydrogen (secondary N) is 1. The molecular formula is C22H31N5O2. The molecule has 2 aliphatic heterocycles. The number of rotatable bonds is 7. The standard InChI is InChI=1S/C22H31N5O2/c1-28-20-4-2-19(3-5-20)16-26-8-6-18(7-9-26)15-23-21-14-22(25-17-24-21)27-10-12-29-13-11-27/h2-5,14,17-18H,6-13,15-16H2,1H3,(H,23,24,25). The van der Waals surface area contributed by atoms with Crippen LogP contribution in [-0.4, -0.2) is 67.9 Å². The van der Waals surface area contributed by atoms with Crippen molar-refractivity contribution in [3.63, 3.8) is 0 Å². The van der Waals surface area contributed by atoms with Gasteiger partial charge in [0.05, 0.1) is 20.3 Å². The molecule has 0 saturated carbocycles. The van der Waals surface area contributed by atoms with Gasteiger partial charge < -0.3 is 19.7 Å². The summed E-state index contributed by atoms with van der Waals surface area (Å²) in [6.45, 7) is 7.58. The molecule has 2 fully saturated rings. The van der Waals surface area contributed by atoms with E-state index in [0.29, 0.717) is 5.92 Å². The van der Waals surface area contributed by atoms with E-state index in [9.17, 15) is 0 Å². The minimum absolute atomic E-state index is 0.684. The number of aromatic nitrogens is 2. The molecule has 1 aromatic heterocycles. The van der Waals surface area contributed by atoms with E-state index in [1.165, 1.54) is 18.4 Å². The van der Waals surface area contributed by atoms with Crippen molar-refractivity contribution < 1.29 is 9.47 Å². The summed E-state index contributed by atoms with van der Waals surface area (Å²) in [6, 6.07) is 10.5. The molecule has 2 saturated heterocycles. The summed E-state index contributed by atoms with van der Waals surface area (Å²) in [5.41, 5.74) is 1.35. The SMILES string of the molecule is COc1ccc(CN2CCC(CNc3cc(N4CCOCC4)ncn3)CC2)cc1. The highest BCUT2D eigenvalue weighted by Crippen LogP contribution is 2.21. The van der Waals surface area contributed by atoms with E-state index in [0.717, 1.165) is 69.9 Å². The van der Waals surface area contributed by atoms with Crippen LogP contribution in [0.5, 0.6) is 5.75 Å². The predicted molar refractivity (Wildman–Crippen MR) is 115 cm³/mol. The highest BCUT2D eigenvalue weighted by atomic mass is 16.5. The third kappa shape index (κ3) is 5.58. The van der Waals surface area contributed by atoms with Crippen LogP contribution in [0.2, 0.25) is 0 Å². The normalized spacial score (nSPS) is 18.6. The molecule has 2 aliphatic rings. The molecule has 0 bridgehead atoms. The van der Waals surface area contributed by atoms with Gasteiger partial charge in [-0.3, -0.25) is 4.90 Å². The number of methoxy groups -OCH3 is 1. The second-order valence-corrected chi connectivity index (χ2v) is 7.81. The Hall–Kier alpha value is -2.38. The zero-order chi connectivity index (χ0) is 19.9. The van der Waals surface area contributed by atoms with Gasteiger partial charge in [0, 0.05) is 32.2 Å². The van der Waals surface area contributed by atoms with Crippen molar-refractivity contribution in [2.75, 3.05) is 63.3 Å². The van der Waals surface area contributed by atoms with E-state index in [2.05, 4.69) is 43.3 Å². The maximum Gasteiger partial charge on any atom is 0.134 e. The number of hydrogen-bond donors (Lipinski definition) is 1. The van der Waals surface area contributed by atoms with Crippen LogP contribution < -0.4 is 15.0 Å². The Kier molecular flexibility index (Phi) is 6.79. The Morgan fingerprint density at radius 1 is 1.07 bits per heavy atom. The fraction of sp³-hybridized carbons (Fsp3) is 0.545. The van der Waals surface area contributed by atoms with Gasteiger partial charge in [-0.25, -0.2) is 9.97 Å². The lowest BCUT2D eigenvalue weighted by Crippen LogP contribution is -2.37. The van der Waals surface area contributed by atoms with Crippen LogP contribution >= 0.6 is 0 Å². The van der Waals surface area contributed by atoms with Crippen molar-refractivity contribution in [2.45, 2.75) is 19.4 Å². The third-order valence-corrected chi connectivity index (χ3v) is 5.83. The lowest BCUT2D eigenvalue weighted by Gasteiger charge is -2.32. The smallest absolute Gasteiger partial charge is 0.134 e. The molecular weight excluding hydrogens is 366 g/mol. The molecule has 0 atom stereocenters. The monoisotopic (exact) mass is 397 g/mol. The summed E-state index contributed by atoms with van der Waals surface area (Å²) in [5, 5.41) is 3.53. The van der Waals surface area contributed by atoms with Crippen LogP contribution in [0.4, 0.5) is 11.6 Å². The van der Waals surface area contributed by atoms with Crippen LogP contribution in [0.15, 0.2) is 36.7 Å². The summed E-state index contributed by atoms with van der Waals surface area (Å²) in [4.78, 5) is 13.6. The first-order valence-corrected chi connectivity index (χ1v) is 10.5. The fourth-order valence-electron chi connectivity index (χ4n) is 4.00. The van der Waals surface area contributed by atoms with Crippen molar-refractivity contribution in [1.82, 2.24) is 14.9 Å². The van der Waals surface area contributed by atoms with E-state index < -0.39 is 0 Å². The number of anilines is 2. The van der Waals surface area contributed by atoms with E-state index in [-0.39, 0.29) is 0 Å². The van der Waals surface area contributed by atoms with Gasteiger partial charge in [0.1, 0.15) is 23.7 Å². The predicted octanol–water partition coefficient (Wildman–Crippen LogP) is 2.65. The second-order valence-electron chi connectivity index (χ2n) is 7.81. The van der Waals surface area contributed by atoms with Crippen molar-refractivity contribution in [3.8, 4) is 5.75 Å². The van der Waals surface area contributed by atoms with Gasteiger partial charge in [-0.1, -0.05) is 12.1 Å². The molecule has 0 amide bonds. The molecule has 1 N–H and O–H groups in total. The molecule has 1 aromatic carbocycles. The Balaban J connectivity index is 1.21. The molecule has 0 unspecified atom stereocenters. The second kappa shape index (κ2) is 9.89. The largest absolute Gasteiger partial charge is 0.497 e. The molecule has 7 nitrogen and oxygen atoms in total. The summed E-state index contributed by atoms with van der Waals surface area (Å²) >= 11 is 0. The molecule has 0 aliphatic carbocycles. The Bertz CT molecular complexity index is 756. The summed E-state index contributed by atoms with van der Waals surface area (Å²) in [7, 11) is 1.71. The van der Waals surface area contributed by atoms with E-state index in [1.807, 2.05) is 12.1 Å². The number of morpholine rings is 1. The zero-order valence-corrected chi connectivity index (χ0v) is 17.2. The van der Waals surface area contributed by atoms with E-state index in [1.54, 1.807) is 13.4 Å². The van der Waals surface area contributed by atoms with Crippen LogP contribution in [-0.2, 0) is 11.3 Å². The quantitative estimate of drug-likeness (QED) is 0.771. The first-order valence-electron chi connectivity index (χ1n) is 10.5. The Morgan fingerprint density at radius 3 is 2.55 bits per heavy atom. The molecule has 7 heteroatoms. The minimum atomic E-state index is 0.684. The lowest BCUT2D eigenvalue weighted by atomic mass is 9.96. The van der Waals surface area contributed by atoms with Gasteiger partial charge in [-0.2, -0.15) is 0 Å². The number of piperidine rings is 1. The van der Waals surface area contributed by atoms with Gasteiger partial charge in [-0.15, -0.1) is 0 Å². The molecule has 156 valence electrons. The molecule has 0 spiro atoms. The van der Waals surface area contributed by atoms with Crippen molar-refractivity contribution >= 4 is 11.6 Å². The van der Waals surface area contributed by atoms with Gasteiger partial charge in [0.15, 0.2) is 0 Å². The average Bonchev–Trinajstić information content (AvgIpc) is 2.80. The Labute approximate surface area is 173 Å². The first-order chi connectivity index (χ1) is 14.3. The Morgan fingerprint density at radius 2 is 1.83 bits per heavy atom. The maximum atomic E-state index is 5.42. The van der Waals surface area contributed by atoms with Crippen LogP contribution in [0.3, 0.4) is 0 Å². The molecule has 3 heterocycles. The van der Waals surface area contributed by atoms with E-state index in [4.69, 9.17) is 9.47 Å². The van der Waals surface area contributed by atoms with E-state index >= 15 is 0 Å². The summed E-state index contributed by atoms with van der Waals surface area (Å²) in [6.07, 6.45) is 4.08. The van der Waals surface area contributed by atoms with Gasteiger partial charge in [0.2, 0.25) is 0 Å². The molecule has 2 aromatic rings. The lowest BCUT2D eigenvalue weighted by molar-refractivity contribution is 0.122. The van der Waals surface area contributed by atoms with Crippen LogP contribution in [0, 0.1) is 5.92 Å². The average molecular weight is 398 g/mol. The van der Waals surface area contributed by atoms with Crippen LogP contribution in [0.1, 0.15) is 18.4 Å². The molecule has 0 radical (unpaired) electrons. The summed E-state index contributed by atoms with van der Waals surface area (Å²) in [5.74, 6) is 3.51. The van der Waals surface area contributed by atoms with Crippen molar-refractivity contribution in [1.29, 1.82) is 0 Å². The maximum absolute atomic E-state index is 5.42. The highest BCUT2D eigenvalue weighted by molar-refractivity contribution is 5.48. The van der Waals surface area contributed by atoms with Crippen molar-refractivity contribution in [2.24, 2.45) is 5.92 Å².